The first kappa shape index (κ1) is 22.4. The highest BCUT2D eigenvalue weighted by molar-refractivity contribution is 14.0. The Bertz CT molecular complexity index is 788. The minimum absolute atomic E-state index is 0. The summed E-state index contributed by atoms with van der Waals surface area (Å²) in [4.78, 5) is 31.8. The number of guanidine groups is 1. The van der Waals surface area contributed by atoms with Crippen LogP contribution >= 0.6 is 35.3 Å². The van der Waals surface area contributed by atoms with Crippen molar-refractivity contribution in [3.05, 3.63) is 57.8 Å². The number of amides is 2. The van der Waals surface area contributed by atoms with Gasteiger partial charge in [-0.2, -0.15) is 0 Å². The average Bonchev–Trinajstić information content (AvgIpc) is 3.28. The Morgan fingerprint density at radius 2 is 1.75 bits per heavy atom. The van der Waals surface area contributed by atoms with Crippen molar-refractivity contribution in [3.63, 3.8) is 0 Å². The van der Waals surface area contributed by atoms with Crippen LogP contribution in [0, 0.1) is 0 Å². The SMILES string of the molecule is CCNC(=NCc1cccs1)NCCCCN1C(=O)c2ccccc2C1=O.I. The molecule has 2 aromatic rings. The number of nitrogens with one attached hydrogen (secondary N) is 2. The van der Waals surface area contributed by atoms with Gasteiger partial charge in [-0.05, 0) is 43.3 Å². The van der Waals surface area contributed by atoms with Crippen molar-refractivity contribution in [2.75, 3.05) is 19.6 Å². The van der Waals surface area contributed by atoms with Gasteiger partial charge in [-0.3, -0.25) is 14.5 Å². The Labute approximate surface area is 186 Å². The van der Waals surface area contributed by atoms with Crippen LogP contribution in [-0.4, -0.2) is 42.3 Å². The first-order valence-electron chi connectivity index (χ1n) is 9.20. The lowest BCUT2D eigenvalue weighted by molar-refractivity contribution is 0.0652. The van der Waals surface area contributed by atoms with E-state index in [4.69, 9.17) is 0 Å². The van der Waals surface area contributed by atoms with E-state index in [9.17, 15) is 9.59 Å². The average molecular weight is 512 g/mol. The van der Waals surface area contributed by atoms with Crippen molar-refractivity contribution in [2.24, 2.45) is 4.99 Å². The molecule has 8 heteroatoms. The molecule has 0 fully saturated rings. The van der Waals surface area contributed by atoms with Gasteiger partial charge in [0.05, 0.1) is 17.7 Å². The Morgan fingerprint density at radius 1 is 1.04 bits per heavy atom. The van der Waals surface area contributed by atoms with Crippen LogP contribution in [0.15, 0.2) is 46.8 Å². The van der Waals surface area contributed by atoms with Crippen molar-refractivity contribution >= 4 is 53.1 Å². The molecule has 2 amide bonds. The normalized spacial score (nSPS) is 13.3. The molecule has 1 aliphatic rings. The van der Waals surface area contributed by atoms with E-state index < -0.39 is 0 Å². The number of nitrogens with zero attached hydrogens (tertiary/aromatic N) is 2. The van der Waals surface area contributed by atoms with Crippen LogP contribution in [-0.2, 0) is 6.54 Å². The lowest BCUT2D eigenvalue weighted by Gasteiger charge is -2.14. The van der Waals surface area contributed by atoms with E-state index in [1.165, 1.54) is 9.78 Å². The largest absolute Gasteiger partial charge is 0.357 e. The van der Waals surface area contributed by atoms with E-state index in [1.54, 1.807) is 35.6 Å². The minimum Gasteiger partial charge on any atom is -0.357 e. The molecule has 6 nitrogen and oxygen atoms in total. The molecule has 1 aliphatic heterocycles. The quantitative estimate of drug-likeness (QED) is 0.187. The van der Waals surface area contributed by atoms with Gasteiger partial charge in [-0.25, -0.2) is 4.99 Å². The molecule has 150 valence electrons. The zero-order chi connectivity index (χ0) is 19.1. The number of aliphatic imine (C=N–C) groups is 1. The van der Waals surface area contributed by atoms with E-state index in [-0.39, 0.29) is 35.8 Å². The fourth-order valence-electron chi connectivity index (χ4n) is 2.95. The minimum atomic E-state index is -0.186. The number of carbonyl (C=O) groups excluding carboxylic acids is 2. The maximum Gasteiger partial charge on any atom is 0.261 e. The van der Waals surface area contributed by atoms with Gasteiger partial charge in [0.15, 0.2) is 5.96 Å². The summed E-state index contributed by atoms with van der Waals surface area (Å²) in [5.41, 5.74) is 1.02. The third-order valence-corrected chi connectivity index (χ3v) is 5.16. The number of unbranched alkanes of at least 4 members (excludes halogenated alkanes) is 1. The van der Waals surface area contributed by atoms with Gasteiger partial charge in [-0.15, -0.1) is 35.3 Å². The van der Waals surface area contributed by atoms with Gasteiger partial charge >= 0.3 is 0 Å². The highest BCUT2D eigenvalue weighted by Crippen LogP contribution is 2.22. The Morgan fingerprint density at radius 3 is 2.36 bits per heavy atom. The van der Waals surface area contributed by atoms with Crippen molar-refractivity contribution in [2.45, 2.75) is 26.3 Å². The van der Waals surface area contributed by atoms with Gasteiger partial charge in [-0.1, -0.05) is 18.2 Å². The monoisotopic (exact) mass is 512 g/mol. The summed E-state index contributed by atoms with van der Waals surface area (Å²) < 4.78 is 0. The van der Waals surface area contributed by atoms with E-state index in [1.807, 2.05) is 18.4 Å². The fourth-order valence-corrected chi connectivity index (χ4v) is 3.57. The van der Waals surface area contributed by atoms with Crippen LogP contribution in [0.5, 0.6) is 0 Å². The second-order valence-corrected chi connectivity index (χ2v) is 7.25. The number of imide groups is 1. The van der Waals surface area contributed by atoms with Gasteiger partial charge in [0.2, 0.25) is 0 Å². The molecule has 0 atom stereocenters. The van der Waals surface area contributed by atoms with Crippen LogP contribution in [0.25, 0.3) is 0 Å². The summed E-state index contributed by atoms with van der Waals surface area (Å²) in [7, 11) is 0. The topological polar surface area (TPSA) is 73.8 Å². The molecule has 1 aromatic heterocycles. The van der Waals surface area contributed by atoms with E-state index in [0.29, 0.717) is 24.2 Å². The predicted molar refractivity (Wildman–Crippen MR) is 124 cm³/mol. The number of carbonyl (C=O) groups is 2. The molecule has 0 spiro atoms. The summed E-state index contributed by atoms with van der Waals surface area (Å²) in [6.45, 7) is 4.66. The van der Waals surface area contributed by atoms with Crippen LogP contribution in [0.1, 0.15) is 45.4 Å². The van der Waals surface area contributed by atoms with Crippen LogP contribution in [0.3, 0.4) is 0 Å². The molecule has 28 heavy (non-hydrogen) atoms. The standard InChI is InChI=1S/C20H24N4O2S.HI/c1-2-21-20(23-14-15-8-7-13-27-15)22-11-5-6-12-24-18(25)16-9-3-4-10-17(16)19(24)26;/h3-4,7-10,13H,2,5-6,11-12,14H2,1H3,(H2,21,22,23);1H. The summed E-state index contributed by atoms with van der Waals surface area (Å²) in [6, 6.07) is 11.1. The van der Waals surface area contributed by atoms with Crippen LogP contribution in [0.2, 0.25) is 0 Å². The molecule has 0 unspecified atom stereocenters. The maximum absolute atomic E-state index is 12.3. The molecule has 2 heterocycles. The Hall–Kier alpha value is -1.94. The number of benzene rings is 1. The second kappa shape index (κ2) is 11.2. The number of thiophene rings is 1. The van der Waals surface area contributed by atoms with E-state index in [2.05, 4.69) is 21.7 Å². The van der Waals surface area contributed by atoms with E-state index >= 15 is 0 Å². The molecule has 0 bridgehead atoms. The van der Waals surface area contributed by atoms with E-state index in [0.717, 1.165) is 31.9 Å². The molecule has 1 aromatic carbocycles. The molecular formula is C20H25IN4O2S. The zero-order valence-corrected chi connectivity index (χ0v) is 19.0. The molecule has 0 saturated carbocycles. The molecular weight excluding hydrogens is 487 g/mol. The fraction of sp³-hybridized carbons (Fsp3) is 0.350. The lowest BCUT2D eigenvalue weighted by Crippen LogP contribution is -2.38. The van der Waals surface area contributed by atoms with Crippen LogP contribution < -0.4 is 10.6 Å². The Balaban J connectivity index is 0.00000280. The highest BCUT2D eigenvalue weighted by Gasteiger charge is 2.34. The second-order valence-electron chi connectivity index (χ2n) is 6.22. The third-order valence-electron chi connectivity index (χ3n) is 4.30. The first-order chi connectivity index (χ1) is 13.2. The third kappa shape index (κ3) is 5.54. The van der Waals surface area contributed by atoms with Gasteiger partial charge < -0.3 is 10.6 Å². The summed E-state index contributed by atoms with van der Waals surface area (Å²) in [6.07, 6.45) is 1.60. The number of hydrogen-bond donors (Lipinski definition) is 2. The molecule has 3 rings (SSSR count). The number of rotatable bonds is 8. The van der Waals surface area contributed by atoms with Crippen LogP contribution in [0.4, 0.5) is 0 Å². The lowest BCUT2D eigenvalue weighted by atomic mass is 10.1. The summed E-state index contributed by atoms with van der Waals surface area (Å²) >= 11 is 1.69. The maximum atomic E-state index is 12.3. The van der Waals surface area contributed by atoms with Gasteiger partial charge in [0, 0.05) is 24.5 Å². The van der Waals surface area contributed by atoms with Crippen molar-refractivity contribution in [1.29, 1.82) is 0 Å². The summed E-state index contributed by atoms with van der Waals surface area (Å²) in [5.74, 6) is 0.412. The summed E-state index contributed by atoms with van der Waals surface area (Å²) in [5, 5.41) is 8.58. The molecule has 2 N–H and O–H groups in total. The predicted octanol–water partition coefficient (Wildman–Crippen LogP) is 3.50. The molecule has 0 aliphatic carbocycles. The van der Waals surface area contributed by atoms with Gasteiger partial charge in [0.25, 0.3) is 11.8 Å². The number of hydrogen-bond acceptors (Lipinski definition) is 4. The van der Waals surface area contributed by atoms with Crippen molar-refractivity contribution in [1.82, 2.24) is 15.5 Å². The van der Waals surface area contributed by atoms with Gasteiger partial charge in [0.1, 0.15) is 0 Å². The highest BCUT2D eigenvalue weighted by atomic mass is 127. The van der Waals surface area contributed by atoms with Crippen molar-refractivity contribution in [3.8, 4) is 0 Å². The van der Waals surface area contributed by atoms with Crippen molar-refractivity contribution < 1.29 is 9.59 Å². The zero-order valence-electron chi connectivity index (χ0n) is 15.8. The molecule has 0 radical (unpaired) electrons. The Kier molecular flexibility index (Phi) is 8.91. The molecule has 0 saturated heterocycles. The first-order valence-corrected chi connectivity index (χ1v) is 10.1. The number of fused-ring (bicyclic) bond motifs is 1. The smallest absolute Gasteiger partial charge is 0.261 e. The number of halogens is 1.